The van der Waals surface area contributed by atoms with Gasteiger partial charge in [0.15, 0.2) is 0 Å². The molecule has 0 radical (unpaired) electrons. The molecule has 31 heavy (non-hydrogen) atoms. The lowest BCUT2D eigenvalue weighted by Gasteiger charge is -2.11. The summed E-state index contributed by atoms with van der Waals surface area (Å²) in [6.07, 6.45) is 2.34. The van der Waals surface area contributed by atoms with E-state index in [9.17, 15) is 0 Å². The Morgan fingerprint density at radius 3 is 2.32 bits per heavy atom. The molecule has 158 valence electrons. The monoisotopic (exact) mass is 471 g/mol. The van der Waals surface area contributed by atoms with Crippen molar-refractivity contribution in [2.75, 3.05) is 0 Å². The van der Waals surface area contributed by atoms with Gasteiger partial charge in [0, 0.05) is 33.6 Å². The number of halogens is 3. The number of benzene rings is 2. The van der Waals surface area contributed by atoms with Gasteiger partial charge in [-0.1, -0.05) is 46.9 Å². The van der Waals surface area contributed by atoms with Crippen LogP contribution >= 0.6 is 34.8 Å². The van der Waals surface area contributed by atoms with Crippen LogP contribution in [-0.4, -0.2) is 24.5 Å². The fourth-order valence-electron chi connectivity index (χ4n) is 3.81. The van der Waals surface area contributed by atoms with Crippen LogP contribution < -0.4 is 0 Å². The highest BCUT2D eigenvalue weighted by Crippen LogP contribution is 2.41. The lowest BCUT2D eigenvalue weighted by Crippen LogP contribution is -2.02. The number of hydrogen-bond acceptors (Lipinski definition) is 3. The molecule has 1 saturated carbocycles. The maximum atomic E-state index is 6.56. The summed E-state index contributed by atoms with van der Waals surface area (Å²) in [5.74, 6) is 2.19. The van der Waals surface area contributed by atoms with Crippen molar-refractivity contribution >= 4 is 34.8 Å². The van der Waals surface area contributed by atoms with Crippen molar-refractivity contribution in [2.24, 2.45) is 0 Å². The first-order chi connectivity index (χ1) is 15.0. The van der Waals surface area contributed by atoms with Crippen LogP contribution in [0.15, 0.2) is 42.5 Å². The Hall–Kier alpha value is -2.34. The Morgan fingerprint density at radius 1 is 0.968 bits per heavy atom. The standard InChI is InChI=1S/C23H20Cl3N5/c1-3-30-23(15-4-5-15)27-22(29-30)20-13(2)21(14-6-8-16(24)9-7-14)31(28-20)19-11-10-17(25)12-18(19)26/h6-12,15H,3-5H2,1-2H3. The normalized spacial score (nSPS) is 13.7. The molecule has 4 aromatic rings. The molecule has 1 aliphatic carbocycles. The Kier molecular flexibility index (Phi) is 5.29. The molecule has 2 aromatic heterocycles. The third-order valence-electron chi connectivity index (χ3n) is 5.53. The van der Waals surface area contributed by atoms with Crippen molar-refractivity contribution in [3.63, 3.8) is 0 Å². The maximum Gasteiger partial charge on any atom is 0.202 e. The van der Waals surface area contributed by atoms with E-state index in [1.165, 1.54) is 12.8 Å². The minimum absolute atomic E-state index is 0.505. The fourth-order valence-corrected chi connectivity index (χ4v) is 4.43. The predicted molar refractivity (Wildman–Crippen MR) is 125 cm³/mol. The summed E-state index contributed by atoms with van der Waals surface area (Å²) in [5, 5.41) is 11.5. The molecule has 0 amide bonds. The Labute approximate surface area is 195 Å². The molecule has 0 atom stereocenters. The SMILES string of the molecule is CCn1nc(-c2nn(-c3ccc(Cl)cc3Cl)c(-c3ccc(Cl)cc3)c2C)nc1C1CC1. The topological polar surface area (TPSA) is 48.5 Å². The van der Waals surface area contributed by atoms with Gasteiger partial charge in [-0.15, -0.1) is 5.10 Å². The highest BCUT2D eigenvalue weighted by Gasteiger charge is 2.31. The molecule has 5 rings (SSSR count). The first kappa shape index (κ1) is 20.6. The van der Waals surface area contributed by atoms with Gasteiger partial charge in [-0.25, -0.2) is 14.3 Å². The van der Waals surface area contributed by atoms with Gasteiger partial charge in [-0.05, 0) is 57.0 Å². The van der Waals surface area contributed by atoms with E-state index >= 15 is 0 Å². The van der Waals surface area contributed by atoms with Crippen LogP contribution in [0.3, 0.4) is 0 Å². The van der Waals surface area contributed by atoms with E-state index in [0.29, 0.717) is 26.8 Å². The van der Waals surface area contributed by atoms with Gasteiger partial charge in [0.25, 0.3) is 0 Å². The van der Waals surface area contributed by atoms with Crippen molar-refractivity contribution in [1.29, 1.82) is 0 Å². The molecular formula is C23H20Cl3N5. The zero-order valence-electron chi connectivity index (χ0n) is 17.1. The molecule has 2 aromatic carbocycles. The molecule has 1 fully saturated rings. The van der Waals surface area contributed by atoms with E-state index in [2.05, 4.69) is 6.92 Å². The van der Waals surface area contributed by atoms with Crippen LogP contribution in [0.1, 0.15) is 37.1 Å². The van der Waals surface area contributed by atoms with Crippen LogP contribution in [-0.2, 0) is 6.54 Å². The first-order valence-corrected chi connectivity index (χ1v) is 11.4. The third-order valence-corrected chi connectivity index (χ3v) is 6.32. The number of nitrogens with zero attached hydrogens (tertiary/aromatic N) is 5. The third kappa shape index (κ3) is 3.75. The van der Waals surface area contributed by atoms with E-state index in [1.54, 1.807) is 12.1 Å². The van der Waals surface area contributed by atoms with Gasteiger partial charge in [0.2, 0.25) is 5.82 Å². The minimum atomic E-state index is 0.505. The number of hydrogen-bond donors (Lipinski definition) is 0. The summed E-state index contributed by atoms with van der Waals surface area (Å²) < 4.78 is 3.83. The van der Waals surface area contributed by atoms with Gasteiger partial charge < -0.3 is 0 Å². The molecule has 8 heteroatoms. The number of rotatable bonds is 5. The lowest BCUT2D eigenvalue weighted by molar-refractivity contribution is 0.617. The molecule has 2 heterocycles. The molecule has 5 nitrogen and oxygen atoms in total. The Balaban J connectivity index is 1.73. The van der Waals surface area contributed by atoms with Crippen molar-refractivity contribution in [1.82, 2.24) is 24.5 Å². The van der Waals surface area contributed by atoms with Gasteiger partial charge >= 0.3 is 0 Å². The molecule has 0 saturated heterocycles. The Bertz CT molecular complexity index is 1270. The summed E-state index contributed by atoms with van der Waals surface area (Å²) in [6.45, 7) is 4.91. The van der Waals surface area contributed by atoms with Crippen molar-refractivity contribution in [3.8, 4) is 28.5 Å². The zero-order valence-corrected chi connectivity index (χ0v) is 19.4. The fraction of sp³-hybridized carbons (Fsp3) is 0.261. The lowest BCUT2D eigenvalue weighted by atomic mass is 10.1. The predicted octanol–water partition coefficient (Wildman–Crippen LogP) is 6.96. The Morgan fingerprint density at radius 2 is 1.68 bits per heavy atom. The summed E-state index contributed by atoms with van der Waals surface area (Å²) in [7, 11) is 0. The van der Waals surface area contributed by atoms with Crippen LogP contribution in [0.25, 0.3) is 28.5 Å². The van der Waals surface area contributed by atoms with Gasteiger partial charge in [0.1, 0.15) is 11.5 Å². The van der Waals surface area contributed by atoms with Crippen molar-refractivity contribution < 1.29 is 0 Å². The van der Waals surface area contributed by atoms with Crippen molar-refractivity contribution in [3.05, 3.63) is 68.9 Å². The zero-order chi connectivity index (χ0) is 21.7. The maximum absolute atomic E-state index is 6.56. The van der Waals surface area contributed by atoms with Gasteiger partial charge in [-0.3, -0.25) is 0 Å². The highest BCUT2D eigenvalue weighted by atomic mass is 35.5. The van der Waals surface area contributed by atoms with Gasteiger partial charge in [-0.2, -0.15) is 5.10 Å². The average molecular weight is 473 g/mol. The molecular weight excluding hydrogens is 453 g/mol. The van der Waals surface area contributed by atoms with E-state index in [1.807, 2.05) is 46.6 Å². The number of aryl methyl sites for hydroxylation is 1. The van der Waals surface area contributed by atoms with E-state index in [4.69, 9.17) is 50.0 Å². The van der Waals surface area contributed by atoms with Crippen LogP contribution in [0.5, 0.6) is 0 Å². The van der Waals surface area contributed by atoms with Crippen LogP contribution in [0, 0.1) is 6.92 Å². The number of aromatic nitrogens is 5. The first-order valence-electron chi connectivity index (χ1n) is 10.2. The second kappa shape index (κ2) is 7.97. The molecule has 0 unspecified atom stereocenters. The van der Waals surface area contributed by atoms with Crippen LogP contribution in [0.2, 0.25) is 15.1 Å². The summed E-state index contributed by atoms with van der Waals surface area (Å²) in [6, 6.07) is 13.1. The average Bonchev–Trinajstić information content (AvgIpc) is 3.42. The summed E-state index contributed by atoms with van der Waals surface area (Å²) in [5.41, 5.74) is 4.34. The second-order valence-corrected chi connectivity index (χ2v) is 9.00. The summed E-state index contributed by atoms with van der Waals surface area (Å²) in [4.78, 5) is 4.87. The minimum Gasteiger partial charge on any atom is -0.249 e. The second-order valence-electron chi connectivity index (χ2n) is 7.72. The highest BCUT2D eigenvalue weighted by molar-refractivity contribution is 6.35. The van der Waals surface area contributed by atoms with E-state index in [0.717, 1.165) is 40.6 Å². The van der Waals surface area contributed by atoms with Crippen LogP contribution in [0.4, 0.5) is 0 Å². The molecule has 0 bridgehead atoms. The van der Waals surface area contributed by atoms with Crippen molar-refractivity contribution in [2.45, 2.75) is 39.2 Å². The van der Waals surface area contributed by atoms with E-state index < -0.39 is 0 Å². The van der Waals surface area contributed by atoms with E-state index in [-0.39, 0.29) is 0 Å². The smallest absolute Gasteiger partial charge is 0.202 e. The molecule has 0 N–H and O–H groups in total. The molecule has 1 aliphatic rings. The summed E-state index contributed by atoms with van der Waals surface area (Å²) >= 11 is 18.8. The molecule has 0 spiro atoms. The largest absolute Gasteiger partial charge is 0.249 e. The quantitative estimate of drug-likeness (QED) is 0.315. The molecule has 0 aliphatic heterocycles. The van der Waals surface area contributed by atoms with Gasteiger partial charge in [0.05, 0.1) is 16.4 Å².